The Balaban J connectivity index is 2.43. The van der Waals surface area contributed by atoms with Gasteiger partial charge in [0.25, 0.3) is 11.8 Å². The summed E-state index contributed by atoms with van der Waals surface area (Å²) >= 11 is 0. The Hall–Kier alpha value is -2.37. The Bertz CT molecular complexity index is 607. The summed E-state index contributed by atoms with van der Waals surface area (Å²) in [5, 5.41) is 12.2. The van der Waals surface area contributed by atoms with Crippen LogP contribution in [0.3, 0.4) is 0 Å². The minimum Gasteiger partial charge on any atom is -0.507 e. The van der Waals surface area contributed by atoms with Crippen molar-refractivity contribution in [3.05, 3.63) is 29.3 Å². The lowest BCUT2D eigenvalue weighted by Gasteiger charge is -2.40. The van der Waals surface area contributed by atoms with Crippen molar-refractivity contribution < 1.29 is 19.5 Å². The number of phenols is 1. The van der Waals surface area contributed by atoms with Crippen LogP contribution < -0.4 is 5.32 Å². The molecule has 0 aromatic heterocycles. The van der Waals surface area contributed by atoms with E-state index in [4.69, 9.17) is 0 Å². The van der Waals surface area contributed by atoms with E-state index in [0.29, 0.717) is 5.56 Å². The van der Waals surface area contributed by atoms with E-state index in [1.54, 1.807) is 32.9 Å². The van der Waals surface area contributed by atoms with Gasteiger partial charge in [0.2, 0.25) is 5.91 Å². The summed E-state index contributed by atoms with van der Waals surface area (Å²) in [5.74, 6) is -1.74. The molecule has 0 atom stereocenters. The highest BCUT2D eigenvalue weighted by atomic mass is 16.3. The number of imide groups is 1. The van der Waals surface area contributed by atoms with E-state index >= 15 is 0 Å². The van der Waals surface area contributed by atoms with E-state index in [2.05, 4.69) is 5.32 Å². The van der Waals surface area contributed by atoms with Crippen LogP contribution in [0.2, 0.25) is 0 Å². The number of phenolic OH excluding ortho intramolecular Hbond substituents is 1. The minimum absolute atomic E-state index is 0.0839. The van der Waals surface area contributed by atoms with Crippen molar-refractivity contribution in [2.75, 3.05) is 6.54 Å². The summed E-state index contributed by atoms with van der Waals surface area (Å²) in [5.41, 5.74) is -0.511. The molecule has 1 aromatic rings. The Morgan fingerprint density at radius 3 is 2.65 bits per heavy atom. The predicted molar refractivity (Wildman–Crippen MR) is 71.1 cm³/mol. The first-order chi connectivity index (χ1) is 9.25. The van der Waals surface area contributed by atoms with E-state index < -0.39 is 23.3 Å². The van der Waals surface area contributed by atoms with E-state index in [1.807, 2.05) is 0 Å². The van der Waals surface area contributed by atoms with Gasteiger partial charge in [-0.3, -0.25) is 19.7 Å². The molecule has 20 heavy (non-hydrogen) atoms. The summed E-state index contributed by atoms with van der Waals surface area (Å²) in [7, 11) is 0. The van der Waals surface area contributed by atoms with E-state index in [0.717, 1.165) is 0 Å². The van der Waals surface area contributed by atoms with Crippen LogP contribution in [-0.2, 0) is 9.59 Å². The third kappa shape index (κ3) is 2.13. The van der Waals surface area contributed by atoms with E-state index in [9.17, 15) is 19.5 Å². The van der Waals surface area contributed by atoms with Gasteiger partial charge in [0.1, 0.15) is 17.8 Å². The van der Waals surface area contributed by atoms with Gasteiger partial charge < -0.3 is 10.0 Å². The number of carbonyl (C=O) groups is 3. The second-order valence-electron chi connectivity index (χ2n) is 5.30. The summed E-state index contributed by atoms with van der Waals surface area (Å²) in [6.45, 7) is 4.56. The van der Waals surface area contributed by atoms with Crippen LogP contribution in [0.5, 0.6) is 5.75 Å². The van der Waals surface area contributed by atoms with Gasteiger partial charge in [-0.2, -0.15) is 0 Å². The van der Waals surface area contributed by atoms with Gasteiger partial charge in [0, 0.05) is 0 Å². The van der Waals surface area contributed by atoms with Gasteiger partial charge in [0.15, 0.2) is 0 Å². The summed E-state index contributed by atoms with van der Waals surface area (Å²) in [6, 6.07) is 4.78. The fraction of sp³-hybridized carbons (Fsp3) is 0.357. The smallest absolute Gasteiger partial charge is 0.258 e. The van der Waals surface area contributed by atoms with Gasteiger partial charge in [-0.1, -0.05) is 12.1 Å². The average molecular weight is 276 g/mol. The van der Waals surface area contributed by atoms with Crippen LogP contribution in [0, 0.1) is 6.92 Å². The molecule has 0 bridgehead atoms. The lowest BCUT2D eigenvalue weighted by Crippen LogP contribution is -2.65. The molecule has 0 saturated carbocycles. The molecule has 0 radical (unpaired) electrons. The molecule has 2 rings (SSSR count). The van der Waals surface area contributed by atoms with Crippen LogP contribution in [0.15, 0.2) is 18.2 Å². The van der Waals surface area contributed by atoms with Crippen LogP contribution in [0.4, 0.5) is 0 Å². The topological polar surface area (TPSA) is 86.7 Å². The highest BCUT2D eigenvalue weighted by Gasteiger charge is 2.44. The van der Waals surface area contributed by atoms with Crippen LogP contribution in [0.1, 0.15) is 29.8 Å². The van der Waals surface area contributed by atoms with E-state index in [1.165, 1.54) is 11.0 Å². The number of benzene rings is 1. The highest BCUT2D eigenvalue weighted by molar-refractivity contribution is 6.09. The monoisotopic (exact) mass is 276 g/mol. The molecule has 1 fully saturated rings. The van der Waals surface area contributed by atoms with Crippen molar-refractivity contribution in [2.24, 2.45) is 0 Å². The summed E-state index contributed by atoms with van der Waals surface area (Å²) in [4.78, 5) is 37.0. The molecule has 1 aromatic carbocycles. The molecular weight excluding hydrogens is 260 g/mol. The zero-order chi connectivity index (χ0) is 15.1. The number of carbonyl (C=O) groups excluding carboxylic acids is 3. The van der Waals surface area contributed by atoms with Crippen molar-refractivity contribution in [2.45, 2.75) is 26.3 Å². The predicted octanol–water partition coefficient (Wildman–Crippen LogP) is 0.578. The standard InChI is InChI=1S/C14H16N2O4/c1-8-5-4-6-9(11(8)18)12(19)16-7-10(17)15-13(20)14(16,2)3/h4-6,18H,7H2,1-3H3,(H,15,17,20). The molecule has 1 heterocycles. The van der Waals surface area contributed by atoms with Gasteiger partial charge in [-0.25, -0.2) is 0 Å². The van der Waals surface area contributed by atoms with Crippen LogP contribution in [0.25, 0.3) is 0 Å². The molecule has 2 N–H and O–H groups in total. The molecule has 1 aliphatic rings. The Labute approximate surface area is 116 Å². The Morgan fingerprint density at radius 1 is 1.35 bits per heavy atom. The molecule has 6 nitrogen and oxygen atoms in total. The lowest BCUT2D eigenvalue weighted by molar-refractivity contribution is -0.143. The fourth-order valence-corrected chi connectivity index (χ4v) is 2.09. The first kappa shape index (κ1) is 14.0. The number of nitrogens with one attached hydrogen (secondary N) is 1. The average Bonchev–Trinajstić information content (AvgIpc) is 2.37. The molecule has 1 saturated heterocycles. The lowest BCUT2D eigenvalue weighted by atomic mass is 9.96. The number of aromatic hydroxyl groups is 1. The highest BCUT2D eigenvalue weighted by Crippen LogP contribution is 2.27. The minimum atomic E-state index is -1.15. The molecule has 1 aliphatic heterocycles. The fourth-order valence-electron chi connectivity index (χ4n) is 2.09. The zero-order valence-electron chi connectivity index (χ0n) is 11.6. The van der Waals surface area contributed by atoms with Crippen molar-refractivity contribution in [3.63, 3.8) is 0 Å². The van der Waals surface area contributed by atoms with Crippen molar-refractivity contribution >= 4 is 17.7 Å². The van der Waals surface area contributed by atoms with Crippen molar-refractivity contribution in [1.29, 1.82) is 0 Å². The van der Waals surface area contributed by atoms with Gasteiger partial charge >= 0.3 is 0 Å². The maximum atomic E-state index is 12.5. The second kappa shape index (κ2) is 4.63. The zero-order valence-corrected chi connectivity index (χ0v) is 11.6. The molecule has 0 aliphatic carbocycles. The molecule has 0 spiro atoms. The molecule has 0 unspecified atom stereocenters. The largest absolute Gasteiger partial charge is 0.507 e. The van der Waals surface area contributed by atoms with Crippen LogP contribution >= 0.6 is 0 Å². The van der Waals surface area contributed by atoms with Crippen molar-refractivity contribution in [1.82, 2.24) is 10.2 Å². The van der Waals surface area contributed by atoms with Gasteiger partial charge in [-0.15, -0.1) is 0 Å². The number of hydrogen-bond acceptors (Lipinski definition) is 4. The Morgan fingerprint density at radius 2 is 2.00 bits per heavy atom. The number of hydrogen-bond donors (Lipinski definition) is 2. The van der Waals surface area contributed by atoms with Gasteiger partial charge in [0.05, 0.1) is 5.56 Å². The number of rotatable bonds is 1. The third-order valence-electron chi connectivity index (χ3n) is 3.50. The normalized spacial score (nSPS) is 17.9. The molecular formula is C14H16N2O4. The molecule has 3 amide bonds. The maximum absolute atomic E-state index is 12.5. The van der Waals surface area contributed by atoms with Crippen molar-refractivity contribution in [3.8, 4) is 5.75 Å². The summed E-state index contributed by atoms with van der Waals surface area (Å²) in [6.07, 6.45) is 0. The number of para-hydroxylation sites is 1. The number of nitrogens with zero attached hydrogens (tertiary/aromatic N) is 1. The summed E-state index contributed by atoms with van der Waals surface area (Å²) < 4.78 is 0. The van der Waals surface area contributed by atoms with E-state index in [-0.39, 0.29) is 17.9 Å². The third-order valence-corrected chi connectivity index (χ3v) is 3.50. The maximum Gasteiger partial charge on any atom is 0.258 e. The molecule has 6 heteroatoms. The first-order valence-corrected chi connectivity index (χ1v) is 6.20. The second-order valence-corrected chi connectivity index (χ2v) is 5.30. The van der Waals surface area contributed by atoms with Gasteiger partial charge in [-0.05, 0) is 32.4 Å². The first-order valence-electron chi connectivity index (χ1n) is 6.20. The quantitative estimate of drug-likeness (QED) is 0.734. The molecule has 106 valence electrons. The number of piperazine rings is 1. The number of aryl methyl sites for hydroxylation is 1. The number of amides is 3. The van der Waals surface area contributed by atoms with Crippen LogP contribution in [-0.4, -0.2) is 39.8 Å². The Kier molecular flexibility index (Phi) is 3.25. The SMILES string of the molecule is Cc1cccc(C(=O)N2CC(=O)NC(=O)C2(C)C)c1O.